The van der Waals surface area contributed by atoms with Crippen LogP contribution in [0.3, 0.4) is 0 Å². The van der Waals surface area contributed by atoms with Gasteiger partial charge < -0.3 is 0 Å². The van der Waals surface area contributed by atoms with E-state index in [0.29, 0.717) is 5.82 Å². The maximum atomic E-state index is 5.65. The first-order valence-corrected chi connectivity index (χ1v) is 3.00. The molecular weight excluding hydrogens is 138 g/mol. The average molecular weight is 144 g/mol. The van der Waals surface area contributed by atoms with Gasteiger partial charge in [0.15, 0.2) is 0 Å². The lowest BCUT2D eigenvalue weighted by Gasteiger charge is -1.96. The number of nitrogens with zero attached hydrogens (tertiary/aromatic N) is 3. The van der Waals surface area contributed by atoms with E-state index in [-0.39, 0.29) is 5.38 Å². The topological polar surface area (TPSA) is 38.7 Å². The van der Waals surface area contributed by atoms with Crippen LogP contribution in [0.4, 0.5) is 0 Å². The summed E-state index contributed by atoms with van der Waals surface area (Å²) in [7, 11) is 0. The molecule has 4 heteroatoms. The van der Waals surface area contributed by atoms with Crippen LogP contribution in [0.1, 0.15) is 18.1 Å². The Balaban J connectivity index is 2.85. The Labute approximate surface area is 58.1 Å². The summed E-state index contributed by atoms with van der Waals surface area (Å²) in [6, 6.07) is 0. The Morgan fingerprint density at radius 2 is 2.00 bits per heavy atom. The van der Waals surface area contributed by atoms with Gasteiger partial charge in [-0.2, -0.15) is 0 Å². The predicted molar refractivity (Wildman–Crippen MR) is 34.1 cm³/mol. The summed E-state index contributed by atoms with van der Waals surface area (Å²) < 4.78 is 0. The van der Waals surface area contributed by atoms with Gasteiger partial charge in [-0.1, -0.05) is 0 Å². The third kappa shape index (κ3) is 1.61. The fourth-order valence-electron chi connectivity index (χ4n) is 0.454. The summed E-state index contributed by atoms with van der Waals surface area (Å²) in [5.41, 5.74) is 0. The third-order valence-corrected chi connectivity index (χ3v) is 1.06. The lowest BCUT2D eigenvalue weighted by atomic mass is 10.4. The molecule has 48 valence electrons. The van der Waals surface area contributed by atoms with Gasteiger partial charge >= 0.3 is 0 Å². The van der Waals surface area contributed by atoms with Crippen LogP contribution in [-0.2, 0) is 0 Å². The number of hydrogen-bond acceptors (Lipinski definition) is 3. The molecule has 0 spiro atoms. The van der Waals surface area contributed by atoms with E-state index in [2.05, 4.69) is 15.0 Å². The standard InChI is InChI=1S/C5H6ClN3/c1-4(6)5-8-2-7-3-9-5/h2-4H,1H3. The largest absolute Gasteiger partial charge is 0.225 e. The van der Waals surface area contributed by atoms with E-state index in [0.717, 1.165) is 0 Å². The molecule has 1 aromatic heterocycles. The van der Waals surface area contributed by atoms with Gasteiger partial charge in [0.25, 0.3) is 0 Å². The van der Waals surface area contributed by atoms with Crippen molar-refractivity contribution in [3.8, 4) is 0 Å². The van der Waals surface area contributed by atoms with Crippen molar-refractivity contribution in [1.29, 1.82) is 0 Å². The van der Waals surface area contributed by atoms with Crippen LogP contribution >= 0.6 is 11.6 Å². The van der Waals surface area contributed by atoms with Crippen molar-refractivity contribution in [3.05, 3.63) is 18.5 Å². The van der Waals surface area contributed by atoms with E-state index >= 15 is 0 Å². The summed E-state index contributed by atoms with van der Waals surface area (Å²) in [6.07, 6.45) is 2.86. The molecule has 1 atom stereocenters. The lowest BCUT2D eigenvalue weighted by molar-refractivity contribution is 0.874. The van der Waals surface area contributed by atoms with Crippen molar-refractivity contribution >= 4 is 11.6 Å². The zero-order valence-electron chi connectivity index (χ0n) is 4.95. The summed E-state index contributed by atoms with van der Waals surface area (Å²) >= 11 is 5.65. The second-order valence-corrected chi connectivity index (χ2v) is 2.27. The maximum Gasteiger partial charge on any atom is 0.149 e. The van der Waals surface area contributed by atoms with Gasteiger partial charge in [0.2, 0.25) is 0 Å². The smallest absolute Gasteiger partial charge is 0.149 e. The third-order valence-electron chi connectivity index (χ3n) is 0.869. The minimum absolute atomic E-state index is 0.131. The minimum atomic E-state index is -0.131. The van der Waals surface area contributed by atoms with E-state index < -0.39 is 0 Å². The summed E-state index contributed by atoms with van der Waals surface area (Å²) in [6.45, 7) is 1.82. The minimum Gasteiger partial charge on any atom is -0.225 e. The monoisotopic (exact) mass is 143 g/mol. The molecule has 0 radical (unpaired) electrons. The second-order valence-electron chi connectivity index (χ2n) is 1.61. The van der Waals surface area contributed by atoms with Crippen molar-refractivity contribution < 1.29 is 0 Å². The molecule has 0 fully saturated rings. The molecule has 0 amide bonds. The number of halogens is 1. The molecule has 0 aliphatic heterocycles. The van der Waals surface area contributed by atoms with Crippen LogP contribution in [-0.4, -0.2) is 15.0 Å². The van der Waals surface area contributed by atoms with Crippen molar-refractivity contribution in [3.63, 3.8) is 0 Å². The van der Waals surface area contributed by atoms with E-state index in [1.54, 1.807) is 0 Å². The molecular formula is C5H6ClN3. The summed E-state index contributed by atoms with van der Waals surface area (Å²) in [4.78, 5) is 11.3. The van der Waals surface area contributed by atoms with Crippen molar-refractivity contribution in [2.45, 2.75) is 12.3 Å². The highest BCUT2D eigenvalue weighted by molar-refractivity contribution is 6.20. The van der Waals surface area contributed by atoms with Crippen molar-refractivity contribution in [2.24, 2.45) is 0 Å². The first-order valence-electron chi connectivity index (χ1n) is 2.56. The predicted octanol–water partition coefficient (Wildman–Crippen LogP) is 1.17. The van der Waals surface area contributed by atoms with Crippen LogP contribution in [0.5, 0.6) is 0 Å². The van der Waals surface area contributed by atoms with Crippen LogP contribution in [0.25, 0.3) is 0 Å². The average Bonchev–Trinajstić information content (AvgIpc) is 1.90. The fourth-order valence-corrected chi connectivity index (χ4v) is 0.566. The molecule has 0 saturated carbocycles. The molecule has 1 unspecified atom stereocenters. The highest BCUT2D eigenvalue weighted by atomic mass is 35.5. The first kappa shape index (κ1) is 6.42. The lowest BCUT2D eigenvalue weighted by Crippen LogP contribution is -1.93. The van der Waals surface area contributed by atoms with Crippen molar-refractivity contribution in [1.82, 2.24) is 15.0 Å². The Bertz CT molecular complexity index is 175. The van der Waals surface area contributed by atoms with Gasteiger partial charge in [0.05, 0.1) is 5.38 Å². The maximum absolute atomic E-state index is 5.65. The molecule has 0 aliphatic carbocycles. The van der Waals surface area contributed by atoms with Gasteiger partial charge in [-0.3, -0.25) is 0 Å². The van der Waals surface area contributed by atoms with Crippen LogP contribution in [0.15, 0.2) is 12.7 Å². The molecule has 0 bridgehead atoms. The first-order chi connectivity index (χ1) is 4.30. The molecule has 1 heterocycles. The Morgan fingerprint density at radius 3 is 2.33 bits per heavy atom. The highest BCUT2D eigenvalue weighted by Crippen LogP contribution is 2.11. The molecule has 0 aromatic carbocycles. The number of aromatic nitrogens is 3. The quantitative estimate of drug-likeness (QED) is 0.554. The van der Waals surface area contributed by atoms with E-state index in [9.17, 15) is 0 Å². The van der Waals surface area contributed by atoms with E-state index in [1.807, 2.05) is 6.92 Å². The van der Waals surface area contributed by atoms with Crippen molar-refractivity contribution in [2.75, 3.05) is 0 Å². The zero-order valence-corrected chi connectivity index (χ0v) is 5.71. The van der Waals surface area contributed by atoms with E-state index in [1.165, 1.54) is 12.7 Å². The SMILES string of the molecule is CC(Cl)c1ncncn1. The number of alkyl halides is 1. The molecule has 9 heavy (non-hydrogen) atoms. The Hall–Kier alpha value is -0.700. The highest BCUT2D eigenvalue weighted by Gasteiger charge is 2.00. The molecule has 1 rings (SSSR count). The molecule has 0 saturated heterocycles. The molecule has 3 nitrogen and oxygen atoms in total. The summed E-state index contributed by atoms with van der Waals surface area (Å²) in [5.74, 6) is 0.617. The van der Waals surface area contributed by atoms with Crippen LogP contribution < -0.4 is 0 Å². The van der Waals surface area contributed by atoms with Crippen LogP contribution in [0, 0.1) is 0 Å². The van der Waals surface area contributed by atoms with Gasteiger partial charge in [-0.05, 0) is 6.92 Å². The second kappa shape index (κ2) is 2.73. The number of rotatable bonds is 1. The fraction of sp³-hybridized carbons (Fsp3) is 0.400. The van der Waals surface area contributed by atoms with Gasteiger partial charge in [0, 0.05) is 0 Å². The Kier molecular flexibility index (Phi) is 1.95. The van der Waals surface area contributed by atoms with Gasteiger partial charge in [-0.25, -0.2) is 15.0 Å². The number of hydrogen-bond donors (Lipinski definition) is 0. The van der Waals surface area contributed by atoms with Gasteiger partial charge in [-0.15, -0.1) is 11.6 Å². The van der Waals surface area contributed by atoms with E-state index in [4.69, 9.17) is 11.6 Å². The summed E-state index contributed by atoms with van der Waals surface area (Å²) in [5, 5.41) is -0.131. The van der Waals surface area contributed by atoms with Gasteiger partial charge in [0.1, 0.15) is 18.5 Å². The Morgan fingerprint density at radius 1 is 1.44 bits per heavy atom. The molecule has 0 aliphatic rings. The zero-order chi connectivity index (χ0) is 6.69. The van der Waals surface area contributed by atoms with Crippen LogP contribution in [0.2, 0.25) is 0 Å². The normalized spacial score (nSPS) is 13.1. The molecule has 0 N–H and O–H groups in total. The molecule has 1 aromatic rings.